The van der Waals surface area contributed by atoms with E-state index in [1.54, 1.807) is 12.1 Å². The van der Waals surface area contributed by atoms with Gasteiger partial charge in [0.25, 0.3) is 0 Å². The number of benzene rings is 1. The normalized spacial score (nSPS) is 21.9. The van der Waals surface area contributed by atoms with Crippen LogP contribution in [0.25, 0.3) is 0 Å². The maximum atomic E-state index is 13.9. The molecule has 0 aromatic heterocycles. The molecule has 0 bridgehead atoms. The van der Waals surface area contributed by atoms with Crippen LogP contribution in [0, 0.1) is 22.6 Å². The predicted molar refractivity (Wildman–Crippen MR) is 74.0 cm³/mol. The van der Waals surface area contributed by atoms with Gasteiger partial charge in [0.15, 0.2) is 0 Å². The Morgan fingerprint density at radius 3 is 2.95 bits per heavy atom. The number of nitrogens with zero attached hydrogens (tertiary/aromatic N) is 1. The van der Waals surface area contributed by atoms with Crippen LogP contribution in [0.4, 0.5) is 4.39 Å². The maximum Gasteiger partial charge on any atom is 0.145 e. The standard InChI is InChI=1S/C16H21FN2/c1-16(2)8-4-7-14(9-16)19-11-13-6-3-5-12(10-18)15(13)17/h3,5-6,14,19H,4,7-9,11H2,1-2H3. The summed E-state index contributed by atoms with van der Waals surface area (Å²) in [4.78, 5) is 0. The molecule has 1 N–H and O–H groups in total. The zero-order valence-electron chi connectivity index (χ0n) is 11.7. The third-order valence-electron chi connectivity index (χ3n) is 3.99. The molecule has 102 valence electrons. The second kappa shape index (κ2) is 5.71. The molecular weight excluding hydrogens is 239 g/mol. The van der Waals surface area contributed by atoms with Gasteiger partial charge in [0.05, 0.1) is 5.56 Å². The van der Waals surface area contributed by atoms with Crippen LogP contribution in [0.5, 0.6) is 0 Å². The van der Waals surface area contributed by atoms with E-state index in [0.717, 1.165) is 12.8 Å². The van der Waals surface area contributed by atoms with E-state index in [0.29, 0.717) is 23.6 Å². The minimum atomic E-state index is -0.382. The highest BCUT2D eigenvalue weighted by molar-refractivity contribution is 5.34. The van der Waals surface area contributed by atoms with E-state index in [-0.39, 0.29) is 11.4 Å². The zero-order chi connectivity index (χ0) is 13.9. The van der Waals surface area contributed by atoms with Crippen molar-refractivity contribution in [3.63, 3.8) is 0 Å². The molecular formula is C16H21FN2. The molecule has 0 aliphatic heterocycles. The fourth-order valence-corrected chi connectivity index (χ4v) is 2.93. The molecule has 0 amide bonds. The summed E-state index contributed by atoms with van der Waals surface area (Å²) in [6.07, 6.45) is 4.78. The van der Waals surface area contributed by atoms with Crippen molar-refractivity contribution in [3.05, 3.63) is 35.1 Å². The van der Waals surface area contributed by atoms with Crippen LogP contribution in [0.2, 0.25) is 0 Å². The molecule has 0 heterocycles. The molecule has 0 spiro atoms. The largest absolute Gasteiger partial charge is 0.310 e. The first-order valence-corrected chi connectivity index (χ1v) is 6.93. The molecule has 1 atom stereocenters. The minimum absolute atomic E-state index is 0.128. The zero-order valence-corrected chi connectivity index (χ0v) is 11.7. The molecule has 0 saturated heterocycles. The first kappa shape index (κ1) is 14.0. The summed E-state index contributed by atoms with van der Waals surface area (Å²) in [5, 5.41) is 12.3. The lowest BCUT2D eigenvalue weighted by Crippen LogP contribution is -2.37. The van der Waals surface area contributed by atoms with E-state index < -0.39 is 0 Å². The van der Waals surface area contributed by atoms with Gasteiger partial charge in [-0.25, -0.2) is 4.39 Å². The van der Waals surface area contributed by atoms with Gasteiger partial charge in [0, 0.05) is 18.2 Å². The Hall–Kier alpha value is -1.40. The number of nitrogens with one attached hydrogen (secondary N) is 1. The van der Waals surface area contributed by atoms with E-state index in [9.17, 15) is 4.39 Å². The van der Waals surface area contributed by atoms with Gasteiger partial charge in [-0.15, -0.1) is 0 Å². The van der Waals surface area contributed by atoms with E-state index in [4.69, 9.17) is 5.26 Å². The highest BCUT2D eigenvalue weighted by atomic mass is 19.1. The predicted octanol–water partition coefficient (Wildman–Crippen LogP) is 3.76. The second-order valence-electron chi connectivity index (χ2n) is 6.23. The molecule has 1 aromatic rings. The lowest BCUT2D eigenvalue weighted by molar-refractivity contribution is 0.197. The van der Waals surface area contributed by atoms with Gasteiger partial charge >= 0.3 is 0 Å². The lowest BCUT2D eigenvalue weighted by atomic mass is 9.75. The molecule has 1 aliphatic carbocycles. The van der Waals surface area contributed by atoms with Crippen LogP contribution in [0.3, 0.4) is 0 Å². The fraction of sp³-hybridized carbons (Fsp3) is 0.562. The third-order valence-corrected chi connectivity index (χ3v) is 3.99. The Morgan fingerprint density at radius 1 is 1.47 bits per heavy atom. The molecule has 1 aromatic carbocycles. The Bertz CT molecular complexity index is 488. The summed E-state index contributed by atoms with van der Waals surface area (Å²) in [5.41, 5.74) is 1.09. The van der Waals surface area contributed by atoms with Crippen molar-refractivity contribution in [2.75, 3.05) is 0 Å². The van der Waals surface area contributed by atoms with Crippen molar-refractivity contribution in [1.29, 1.82) is 5.26 Å². The van der Waals surface area contributed by atoms with E-state index >= 15 is 0 Å². The van der Waals surface area contributed by atoms with Gasteiger partial charge in [0.1, 0.15) is 11.9 Å². The first-order valence-electron chi connectivity index (χ1n) is 6.93. The quantitative estimate of drug-likeness (QED) is 0.898. The molecule has 2 rings (SSSR count). The Morgan fingerprint density at radius 2 is 2.26 bits per heavy atom. The highest BCUT2D eigenvalue weighted by Crippen LogP contribution is 2.35. The van der Waals surface area contributed by atoms with E-state index in [2.05, 4.69) is 19.2 Å². The summed E-state index contributed by atoms with van der Waals surface area (Å²) in [7, 11) is 0. The summed E-state index contributed by atoms with van der Waals surface area (Å²) < 4.78 is 13.9. The minimum Gasteiger partial charge on any atom is -0.310 e. The molecule has 2 nitrogen and oxygen atoms in total. The average molecular weight is 260 g/mol. The van der Waals surface area contributed by atoms with Crippen molar-refractivity contribution < 1.29 is 4.39 Å². The van der Waals surface area contributed by atoms with E-state index in [1.807, 2.05) is 6.07 Å². The van der Waals surface area contributed by atoms with Gasteiger partial charge in [-0.3, -0.25) is 0 Å². The number of hydrogen-bond donors (Lipinski definition) is 1. The van der Waals surface area contributed by atoms with Crippen LogP contribution in [0.15, 0.2) is 18.2 Å². The van der Waals surface area contributed by atoms with Crippen molar-refractivity contribution in [2.24, 2.45) is 5.41 Å². The topological polar surface area (TPSA) is 35.8 Å². The number of nitriles is 1. The summed E-state index contributed by atoms with van der Waals surface area (Å²) in [5.74, 6) is -0.382. The average Bonchev–Trinajstić information content (AvgIpc) is 2.36. The van der Waals surface area contributed by atoms with Crippen molar-refractivity contribution in [1.82, 2.24) is 5.32 Å². The Labute approximate surface area is 114 Å². The molecule has 0 radical (unpaired) electrons. The molecule has 1 aliphatic rings. The van der Waals surface area contributed by atoms with Crippen LogP contribution in [0.1, 0.15) is 50.7 Å². The molecule has 1 fully saturated rings. The number of halogens is 1. The van der Waals surface area contributed by atoms with Gasteiger partial charge in [-0.2, -0.15) is 5.26 Å². The highest BCUT2D eigenvalue weighted by Gasteiger charge is 2.27. The lowest BCUT2D eigenvalue weighted by Gasteiger charge is -2.35. The fourth-order valence-electron chi connectivity index (χ4n) is 2.93. The van der Waals surface area contributed by atoms with Gasteiger partial charge in [-0.05, 0) is 30.7 Å². The summed E-state index contributed by atoms with van der Waals surface area (Å²) in [6.45, 7) is 5.08. The van der Waals surface area contributed by atoms with E-state index in [1.165, 1.54) is 18.9 Å². The maximum absolute atomic E-state index is 13.9. The number of hydrogen-bond acceptors (Lipinski definition) is 2. The smallest absolute Gasteiger partial charge is 0.145 e. The van der Waals surface area contributed by atoms with Crippen LogP contribution < -0.4 is 5.32 Å². The monoisotopic (exact) mass is 260 g/mol. The first-order chi connectivity index (χ1) is 9.02. The molecule has 19 heavy (non-hydrogen) atoms. The SMILES string of the molecule is CC1(C)CCCC(NCc2cccc(C#N)c2F)C1. The van der Waals surface area contributed by atoms with Crippen molar-refractivity contribution >= 4 is 0 Å². The van der Waals surface area contributed by atoms with Crippen LogP contribution in [-0.2, 0) is 6.54 Å². The molecule has 1 saturated carbocycles. The van der Waals surface area contributed by atoms with Crippen LogP contribution >= 0.6 is 0 Å². The Balaban J connectivity index is 1.98. The number of rotatable bonds is 3. The van der Waals surface area contributed by atoms with Crippen LogP contribution in [-0.4, -0.2) is 6.04 Å². The third kappa shape index (κ3) is 3.54. The molecule has 1 unspecified atom stereocenters. The summed E-state index contributed by atoms with van der Waals surface area (Å²) >= 11 is 0. The van der Waals surface area contributed by atoms with Gasteiger partial charge < -0.3 is 5.32 Å². The second-order valence-corrected chi connectivity index (χ2v) is 6.23. The van der Waals surface area contributed by atoms with Crippen molar-refractivity contribution in [3.8, 4) is 6.07 Å². The van der Waals surface area contributed by atoms with Gasteiger partial charge in [0.2, 0.25) is 0 Å². The van der Waals surface area contributed by atoms with Gasteiger partial charge in [-0.1, -0.05) is 32.4 Å². The molecule has 3 heteroatoms. The van der Waals surface area contributed by atoms with Crippen molar-refractivity contribution in [2.45, 2.75) is 52.1 Å². The Kier molecular flexibility index (Phi) is 4.21. The summed E-state index contributed by atoms with van der Waals surface area (Å²) in [6, 6.07) is 7.34.